The second-order valence-corrected chi connectivity index (χ2v) is 4.26. The van der Waals surface area contributed by atoms with Gasteiger partial charge in [-0.15, -0.1) is 0 Å². The monoisotopic (exact) mass is 272 g/mol. The molecule has 0 amide bonds. The fourth-order valence-corrected chi connectivity index (χ4v) is 1.84. The Labute approximate surface area is 118 Å². The minimum absolute atomic E-state index is 0.622. The van der Waals surface area contributed by atoms with Crippen LogP contribution in [-0.2, 0) is 6.54 Å². The van der Waals surface area contributed by atoms with Crippen LogP contribution in [0.15, 0.2) is 35.6 Å². The molecule has 0 saturated carbocycles. The molecular weight excluding hydrogens is 252 g/mol. The smallest absolute Gasteiger partial charge is 0.191 e. The second kappa shape index (κ2) is 7.28. The van der Waals surface area contributed by atoms with Crippen molar-refractivity contribution < 1.29 is 0 Å². The average Bonchev–Trinajstić information content (AvgIpc) is 3.00. The number of aromatic amines is 1. The van der Waals surface area contributed by atoms with Gasteiger partial charge in [-0.1, -0.05) is 18.2 Å². The van der Waals surface area contributed by atoms with E-state index >= 15 is 0 Å². The highest BCUT2D eigenvalue weighted by Crippen LogP contribution is 2.15. The maximum atomic E-state index is 4.54. The lowest BCUT2D eigenvalue weighted by Gasteiger charge is -2.09. The van der Waals surface area contributed by atoms with Crippen molar-refractivity contribution in [1.82, 2.24) is 25.8 Å². The summed E-state index contributed by atoms with van der Waals surface area (Å²) in [5.74, 6) is 1.61. The molecule has 0 aliphatic heterocycles. The Balaban J connectivity index is 2.09. The van der Waals surface area contributed by atoms with E-state index in [9.17, 15) is 0 Å². The number of hydrogen-bond acceptors (Lipinski definition) is 3. The topological polar surface area (TPSA) is 78.0 Å². The van der Waals surface area contributed by atoms with Crippen LogP contribution in [0.5, 0.6) is 0 Å². The number of nitrogens with one attached hydrogen (secondary N) is 3. The number of rotatable bonds is 5. The highest BCUT2D eigenvalue weighted by Gasteiger charge is 2.02. The van der Waals surface area contributed by atoms with E-state index in [4.69, 9.17) is 0 Å². The van der Waals surface area contributed by atoms with Gasteiger partial charge in [0, 0.05) is 18.7 Å². The second-order valence-electron chi connectivity index (χ2n) is 4.26. The van der Waals surface area contributed by atoms with Gasteiger partial charge in [-0.2, -0.15) is 5.10 Å². The van der Waals surface area contributed by atoms with E-state index in [1.54, 1.807) is 0 Å². The molecule has 0 aliphatic carbocycles. The molecule has 0 unspecified atom stereocenters. The molecule has 2 aromatic rings. The Morgan fingerprint density at radius 1 is 1.25 bits per heavy atom. The van der Waals surface area contributed by atoms with Gasteiger partial charge in [-0.05, 0) is 25.5 Å². The Kier molecular flexibility index (Phi) is 5.11. The predicted molar refractivity (Wildman–Crippen MR) is 80.3 cm³/mol. The first kappa shape index (κ1) is 14.0. The van der Waals surface area contributed by atoms with E-state index in [-0.39, 0.29) is 0 Å². The van der Waals surface area contributed by atoms with Crippen molar-refractivity contribution in [3.63, 3.8) is 0 Å². The summed E-state index contributed by atoms with van der Waals surface area (Å²) in [6.45, 7) is 6.43. The maximum absolute atomic E-state index is 4.54. The fraction of sp³-hybridized carbons (Fsp3) is 0.357. The fourth-order valence-electron chi connectivity index (χ4n) is 1.84. The number of aromatic nitrogens is 3. The van der Waals surface area contributed by atoms with Gasteiger partial charge in [0.15, 0.2) is 11.8 Å². The zero-order chi connectivity index (χ0) is 14.2. The molecule has 1 aromatic carbocycles. The van der Waals surface area contributed by atoms with Crippen LogP contribution in [0.4, 0.5) is 0 Å². The van der Waals surface area contributed by atoms with Crippen LogP contribution < -0.4 is 10.6 Å². The lowest BCUT2D eigenvalue weighted by Crippen LogP contribution is -2.36. The van der Waals surface area contributed by atoms with Gasteiger partial charge in [0.25, 0.3) is 0 Å². The van der Waals surface area contributed by atoms with Gasteiger partial charge in [0.2, 0.25) is 0 Å². The minimum Gasteiger partial charge on any atom is -0.357 e. The normalized spacial score (nSPS) is 10.1. The molecule has 2 rings (SSSR count). The number of aliphatic imine (C=N–C) groups is 1. The lowest BCUT2D eigenvalue weighted by atomic mass is 10.1. The molecule has 0 saturated heterocycles. The number of guanidine groups is 1. The van der Waals surface area contributed by atoms with Crippen LogP contribution >= 0.6 is 0 Å². The van der Waals surface area contributed by atoms with Gasteiger partial charge in [-0.25, -0.2) is 9.98 Å². The third-order valence-corrected chi connectivity index (χ3v) is 2.72. The summed E-state index contributed by atoms with van der Waals surface area (Å²) in [6, 6.07) is 8.13. The van der Waals surface area contributed by atoms with Crippen molar-refractivity contribution >= 4 is 5.96 Å². The van der Waals surface area contributed by atoms with Crippen molar-refractivity contribution in [1.29, 1.82) is 0 Å². The number of hydrogen-bond donors (Lipinski definition) is 3. The molecular formula is C14H20N6. The van der Waals surface area contributed by atoms with E-state index in [1.165, 1.54) is 6.33 Å². The zero-order valence-corrected chi connectivity index (χ0v) is 11.8. The first-order valence-corrected chi connectivity index (χ1v) is 6.80. The van der Waals surface area contributed by atoms with E-state index in [1.807, 2.05) is 12.1 Å². The molecule has 0 bridgehead atoms. The summed E-state index contributed by atoms with van der Waals surface area (Å²) in [7, 11) is 0. The zero-order valence-electron chi connectivity index (χ0n) is 11.8. The van der Waals surface area contributed by atoms with Crippen LogP contribution in [-0.4, -0.2) is 34.2 Å². The number of H-pyrrole nitrogens is 1. The lowest BCUT2D eigenvalue weighted by molar-refractivity contribution is 0.839. The summed E-state index contributed by atoms with van der Waals surface area (Å²) in [6.07, 6.45) is 1.51. The van der Waals surface area contributed by atoms with Crippen molar-refractivity contribution in [3.05, 3.63) is 36.2 Å². The molecule has 0 atom stereocenters. The molecule has 1 aromatic heterocycles. The van der Waals surface area contributed by atoms with Crippen molar-refractivity contribution in [3.8, 4) is 11.4 Å². The molecule has 0 fully saturated rings. The van der Waals surface area contributed by atoms with Crippen molar-refractivity contribution in [2.45, 2.75) is 20.4 Å². The van der Waals surface area contributed by atoms with Crippen LogP contribution in [0, 0.1) is 0 Å². The predicted octanol–water partition coefficient (Wildman–Crippen LogP) is 1.55. The first-order chi connectivity index (χ1) is 9.83. The maximum Gasteiger partial charge on any atom is 0.191 e. The molecule has 6 nitrogen and oxygen atoms in total. The molecule has 0 radical (unpaired) electrons. The minimum atomic E-state index is 0.622. The van der Waals surface area contributed by atoms with Crippen LogP contribution in [0.3, 0.4) is 0 Å². The highest BCUT2D eigenvalue weighted by molar-refractivity contribution is 5.79. The summed E-state index contributed by atoms with van der Waals surface area (Å²) < 4.78 is 0. The Hall–Kier alpha value is -2.37. The molecule has 6 heteroatoms. The first-order valence-electron chi connectivity index (χ1n) is 6.80. The molecule has 106 valence electrons. The van der Waals surface area contributed by atoms with E-state index in [2.05, 4.69) is 56.8 Å². The van der Waals surface area contributed by atoms with Gasteiger partial charge < -0.3 is 10.6 Å². The van der Waals surface area contributed by atoms with Crippen molar-refractivity contribution in [2.75, 3.05) is 13.1 Å². The third-order valence-electron chi connectivity index (χ3n) is 2.72. The Bertz CT molecular complexity index is 539. The quantitative estimate of drug-likeness (QED) is 0.570. The van der Waals surface area contributed by atoms with Crippen molar-refractivity contribution in [2.24, 2.45) is 4.99 Å². The summed E-state index contributed by atoms with van der Waals surface area (Å²) in [5.41, 5.74) is 2.15. The summed E-state index contributed by atoms with van der Waals surface area (Å²) >= 11 is 0. The number of nitrogens with zero attached hydrogens (tertiary/aromatic N) is 3. The number of benzene rings is 1. The van der Waals surface area contributed by atoms with E-state index in [0.717, 1.165) is 36.0 Å². The van der Waals surface area contributed by atoms with Crippen LogP contribution in [0.2, 0.25) is 0 Å². The van der Waals surface area contributed by atoms with Gasteiger partial charge in [0.05, 0.1) is 6.54 Å². The standard InChI is InChI=1S/C14H20N6/c1-3-15-14(16-4-2)17-9-11-6-5-7-12(8-11)13-18-10-19-20-13/h5-8,10H,3-4,9H2,1-2H3,(H2,15,16,17)(H,18,19,20). The molecule has 1 heterocycles. The van der Waals surface area contributed by atoms with Gasteiger partial charge >= 0.3 is 0 Å². The molecule has 20 heavy (non-hydrogen) atoms. The largest absolute Gasteiger partial charge is 0.357 e. The van der Waals surface area contributed by atoms with Crippen LogP contribution in [0.25, 0.3) is 11.4 Å². The SMILES string of the molecule is CCNC(=NCc1cccc(-c2ncn[nH]2)c1)NCC. The Morgan fingerprint density at radius 2 is 2.05 bits per heavy atom. The third kappa shape index (κ3) is 3.81. The molecule has 0 spiro atoms. The highest BCUT2D eigenvalue weighted by atomic mass is 15.2. The summed E-state index contributed by atoms with van der Waals surface area (Å²) in [4.78, 5) is 8.70. The van der Waals surface area contributed by atoms with Crippen LogP contribution in [0.1, 0.15) is 19.4 Å². The average molecular weight is 272 g/mol. The molecule has 0 aliphatic rings. The van der Waals surface area contributed by atoms with Gasteiger partial charge in [0.1, 0.15) is 6.33 Å². The van der Waals surface area contributed by atoms with E-state index < -0.39 is 0 Å². The van der Waals surface area contributed by atoms with E-state index in [0.29, 0.717) is 6.54 Å². The van der Waals surface area contributed by atoms with Gasteiger partial charge in [-0.3, -0.25) is 5.10 Å². The molecule has 3 N–H and O–H groups in total. The Morgan fingerprint density at radius 3 is 2.70 bits per heavy atom. The summed E-state index contributed by atoms with van der Waals surface area (Å²) in [5, 5.41) is 13.1.